The highest BCUT2D eigenvalue weighted by atomic mass is 16.3. The summed E-state index contributed by atoms with van der Waals surface area (Å²) >= 11 is 0. The molecule has 1 aromatic heterocycles. The first kappa shape index (κ1) is 14.3. The average molecular weight is 272 g/mol. The highest BCUT2D eigenvalue weighted by Gasteiger charge is 2.19. The van der Waals surface area contributed by atoms with Gasteiger partial charge in [-0.15, -0.1) is 0 Å². The van der Waals surface area contributed by atoms with Crippen molar-refractivity contribution in [3.8, 4) is 0 Å². The summed E-state index contributed by atoms with van der Waals surface area (Å²) in [6, 6.07) is 13.2. The fraction of sp³-hybridized carbons (Fsp3) is 0.312. The van der Waals surface area contributed by atoms with Gasteiger partial charge in [0.05, 0.1) is 6.26 Å². The number of hydrogen-bond donors (Lipinski definition) is 2. The standard InChI is InChI=1S/C16H20N2O2/c1-12(17)9-10-15(19)18-16(14-8-5-11-20-14)13-6-3-2-4-7-13/h2-8,11-12,16H,9-10,17H2,1H3,(H,18,19). The van der Waals surface area contributed by atoms with Gasteiger partial charge < -0.3 is 15.5 Å². The van der Waals surface area contributed by atoms with E-state index in [9.17, 15) is 4.79 Å². The molecule has 1 aromatic carbocycles. The van der Waals surface area contributed by atoms with Crippen molar-refractivity contribution in [2.45, 2.75) is 31.8 Å². The number of carbonyl (C=O) groups excluding carboxylic acids is 1. The number of nitrogens with two attached hydrogens (primary N) is 1. The topological polar surface area (TPSA) is 68.3 Å². The monoisotopic (exact) mass is 272 g/mol. The molecule has 0 fully saturated rings. The molecule has 1 heterocycles. The Morgan fingerprint density at radius 1 is 1.25 bits per heavy atom. The van der Waals surface area contributed by atoms with Crippen LogP contribution in [0.15, 0.2) is 53.1 Å². The maximum atomic E-state index is 12.0. The Hall–Kier alpha value is -2.07. The van der Waals surface area contributed by atoms with Gasteiger partial charge >= 0.3 is 0 Å². The lowest BCUT2D eigenvalue weighted by atomic mass is 10.0. The fourth-order valence-corrected chi connectivity index (χ4v) is 2.01. The molecule has 2 rings (SSSR count). The Kier molecular flexibility index (Phi) is 4.96. The Labute approximate surface area is 119 Å². The van der Waals surface area contributed by atoms with Crippen molar-refractivity contribution >= 4 is 5.91 Å². The average Bonchev–Trinajstić information content (AvgIpc) is 2.97. The summed E-state index contributed by atoms with van der Waals surface area (Å²) in [5, 5.41) is 3.00. The van der Waals surface area contributed by atoms with E-state index >= 15 is 0 Å². The van der Waals surface area contributed by atoms with Crippen molar-refractivity contribution in [3.63, 3.8) is 0 Å². The summed E-state index contributed by atoms with van der Waals surface area (Å²) in [6.45, 7) is 1.90. The predicted octanol–water partition coefficient (Wildman–Crippen LogP) is 2.61. The number of carbonyl (C=O) groups is 1. The Morgan fingerprint density at radius 3 is 2.60 bits per heavy atom. The fourth-order valence-electron chi connectivity index (χ4n) is 2.01. The highest BCUT2D eigenvalue weighted by Crippen LogP contribution is 2.22. The Bertz CT molecular complexity index is 521. The summed E-state index contributed by atoms with van der Waals surface area (Å²) in [7, 11) is 0. The summed E-state index contributed by atoms with van der Waals surface area (Å²) in [4.78, 5) is 12.0. The number of hydrogen-bond acceptors (Lipinski definition) is 3. The molecule has 2 atom stereocenters. The van der Waals surface area contributed by atoms with Crippen LogP contribution in [-0.2, 0) is 4.79 Å². The third-order valence-electron chi connectivity index (χ3n) is 3.09. The second kappa shape index (κ2) is 6.91. The van der Waals surface area contributed by atoms with Crippen LogP contribution in [-0.4, -0.2) is 11.9 Å². The van der Waals surface area contributed by atoms with Crippen molar-refractivity contribution in [1.29, 1.82) is 0 Å². The Balaban J connectivity index is 2.10. The zero-order valence-corrected chi connectivity index (χ0v) is 11.6. The molecule has 3 N–H and O–H groups in total. The van der Waals surface area contributed by atoms with Gasteiger partial charge in [-0.3, -0.25) is 4.79 Å². The molecule has 0 aliphatic carbocycles. The molecular weight excluding hydrogens is 252 g/mol. The Morgan fingerprint density at radius 2 is 2.00 bits per heavy atom. The van der Waals surface area contributed by atoms with Crippen LogP contribution >= 0.6 is 0 Å². The number of amides is 1. The van der Waals surface area contributed by atoms with Crippen LogP contribution in [0.2, 0.25) is 0 Å². The quantitative estimate of drug-likeness (QED) is 0.849. The molecule has 1 amide bonds. The minimum absolute atomic E-state index is 0.0208. The molecule has 4 nitrogen and oxygen atoms in total. The van der Waals surface area contributed by atoms with E-state index in [1.165, 1.54) is 0 Å². The number of furan rings is 1. The van der Waals surface area contributed by atoms with Gasteiger partial charge in [0.2, 0.25) is 5.91 Å². The summed E-state index contributed by atoms with van der Waals surface area (Å²) in [5.74, 6) is 0.706. The first-order chi connectivity index (χ1) is 9.66. The second-order valence-corrected chi connectivity index (χ2v) is 4.94. The maximum Gasteiger partial charge on any atom is 0.220 e. The zero-order chi connectivity index (χ0) is 14.4. The van der Waals surface area contributed by atoms with Gasteiger partial charge in [-0.1, -0.05) is 30.3 Å². The molecule has 0 spiro atoms. The molecule has 0 bridgehead atoms. The zero-order valence-electron chi connectivity index (χ0n) is 11.6. The molecule has 0 saturated carbocycles. The lowest BCUT2D eigenvalue weighted by molar-refractivity contribution is -0.121. The van der Waals surface area contributed by atoms with Crippen LogP contribution in [0.4, 0.5) is 0 Å². The maximum absolute atomic E-state index is 12.0. The van der Waals surface area contributed by atoms with Gasteiger partial charge in [-0.25, -0.2) is 0 Å². The van der Waals surface area contributed by atoms with Crippen LogP contribution in [0.25, 0.3) is 0 Å². The van der Waals surface area contributed by atoms with Crippen LogP contribution in [0.3, 0.4) is 0 Å². The number of benzene rings is 1. The number of rotatable bonds is 6. The molecular formula is C16H20N2O2. The van der Waals surface area contributed by atoms with Crippen molar-refractivity contribution in [3.05, 3.63) is 60.1 Å². The van der Waals surface area contributed by atoms with Crippen LogP contribution in [0, 0.1) is 0 Å². The van der Waals surface area contributed by atoms with E-state index < -0.39 is 0 Å². The van der Waals surface area contributed by atoms with Crippen molar-refractivity contribution in [2.75, 3.05) is 0 Å². The predicted molar refractivity (Wildman–Crippen MR) is 78.0 cm³/mol. The molecule has 0 radical (unpaired) electrons. The lowest BCUT2D eigenvalue weighted by Crippen LogP contribution is -2.30. The van der Waals surface area contributed by atoms with Crippen LogP contribution < -0.4 is 11.1 Å². The third-order valence-corrected chi connectivity index (χ3v) is 3.09. The van der Waals surface area contributed by atoms with E-state index in [0.29, 0.717) is 12.8 Å². The third kappa shape index (κ3) is 3.96. The normalized spacial score (nSPS) is 13.7. The van der Waals surface area contributed by atoms with E-state index in [4.69, 9.17) is 10.2 Å². The summed E-state index contributed by atoms with van der Waals surface area (Å²) in [6.07, 6.45) is 2.70. The molecule has 106 valence electrons. The van der Waals surface area contributed by atoms with E-state index in [1.54, 1.807) is 6.26 Å². The molecule has 2 unspecified atom stereocenters. The first-order valence-corrected chi connectivity index (χ1v) is 6.80. The van der Waals surface area contributed by atoms with E-state index in [2.05, 4.69) is 5.32 Å². The summed E-state index contributed by atoms with van der Waals surface area (Å²) in [5.41, 5.74) is 6.68. The molecule has 0 aliphatic rings. The van der Waals surface area contributed by atoms with Crippen molar-refractivity contribution in [2.24, 2.45) is 5.73 Å². The molecule has 4 heteroatoms. The number of nitrogens with one attached hydrogen (secondary N) is 1. The van der Waals surface area contributed by atoms with E-state index in [1.807, 2.05) is 49.4 Å². The molecule has 0 aliphatic heterocycles. The van der Waals surface area contributed by atoms with Crippen molar-refractivity contribution in [1.82, 2.24) is 5.32 Å². The van der Waals surface area contributed by atoms with Gasteiger partial charge in [0.25, 0.3) is 0 Å². The SMILES string of the molecule is CC(N)CCC(=O)NC(c1ccccc1)c1ccco1. The van der Waals surface area contributed by atoms with Crippen LogP contribution in [0.5, 0.6) is 0 Å². The van der Waals surface area contributed by atoms with Gasteiger partial charge in [0.15, 0.2) is 0 Å². The van der Waals surface area contributed by atoms with Gasteiger partial charge in [-0.2, -0.15) is 0 Å². The minimum Gasteiger partial charge on any atom is -0.467 e. The van der Waals surface area contributed by atoms with Crippen LogP contribution in [0.1, 0.15) is 37.1 Å². The van der Waals surface area contributed by atoms with Gasteiger partial charge in [0, 0.05) is 12.5 Å². The molecule has 2 aromatic rings. The van der Waals surface area contributed by atoms with Crippen molar-refractivity contribution < 1.29 is 9.21 Å². The van der Waals surface area contributed by atoms with Gasteiger partial charge in [-0.05, 0) is 31.0 Å². The second-order valence-electron chi connectivity index (χ2n) is 4.94. The van der Waals surface area contributed by atoms with Gasteiger partial charge in [0.1, 0.15) is 11.8 Å². The summed E-state index contributed by atoms with van der Waals surface area (Å²) < 4.78 is 5.44. The minimum atomic E-state index is -0.258. The van der Waals surface area contributed by atoms with E-state index in [0.717, 1.165) is 11.3 Å². The largest absolute Gasteiger partial charge is 0.467 e. The first-order valence-electron chi connectivity index (χ1n) is 6.80. The molecule has 0 saturated heterocycles. The highest BCUT2D eigenvalue weighted by molar-refractivity contribution is 5.76. The molecule has 20 heavy (non-hydrogen) atoms. The smallest absolute Gasteiger partial charge is 0.220 e. The lowest BCUT2D eigenvalue weighted by Gasteiger charge is -2.17. The van der Waals surface area contributed by atoms with E-state index in [-0.39, 0.29) is 18.0 Å².